The highest BCUT2D eigenvalue weighted by atomic mass is 16.4. The summed E-state index contributed by atoms with van der Waals surface area (Å²) >= 11 is 0. The van der Waals surface area contributed by atoms with Crippen molar-refractivity contribution < 1.29 is 19.5 Å². The van der Waals surface area contributed by atoms with E-state index in [-0.39, 0.29) is 24.0 Å². The summed E-state index contributed by atoms with van der Waals surface area (Å²) in [7, 11) is 0. The maximum Gasteiger partial charge on any atom is 0.323 e. The van der Waals surface area contributed by atoms with Gasteiger partial charge in [0.05, 0.1) is 6.54 Å². The van der Waals surface area contributed by atoms with Crippen LogP contribution in [0.3, 0.4) is 0 Å². The standard InChI is InChI=1S/C13H24N4O4/c1-13(2,3)15-10(18)9-16-4-6-17(7-5-16)12(21)14-8-11(19)20/h4-9H2,1-3H3,(H,14,21)(H,15,18)(H,19,20). The van der Waals surface area contributed by atoms with Gasteiger partial charge < -0.3 is 20.6 Å². The molecule has 1 aliphatic rings. The third kappa shape index (κ3) is 6.94. The number of carbonyl (C=O) groups excluding carboxylic acids is 2. The van der Waals surface area contributed by atoms with E-state index in [2.05, 4.69) is 10.6 Å². The fourth-order valence-corrected chi connectivity index (χ4v) is 2.03. The molecule has 1 fully saturated rings. The number of carbonyl (C=O) groups is 3. The van der Waals surface area contributed by atoms with E-state index in [1.807, 2.05) is 25.7 Å². The van der Waals surface area contributed by atoms with Crippen molar-refractivity contribution in [1.82, 2.24) is 20.4 Å². The predicted octanol–water partition coefficient (Wildman–Crippen LogP) is -0.687. The summed E-state index contributed by atoms with van der Waals surface area (Å²) in [6.45, 7) is 7.86. The molecule has 21 heavy (non-hydrogen) atoms. The Morgan fingerprint density at radius 2 is 1.67 bits per heavy atom. The van der Waals surface area contributed by atoms with Gasteiger partial charge in [-0.05, 0) is 20.8 Å². The molecule has 0 aromatic carbocycles. The van der Waals surface area contributed by atoms with Crippen LogP contribution in [0.15, 0.2) is 0 Å². The lowest BCUT2D eigenvalue weighted by atomic mass is 10.1. The van der Waals surface area contributed by atoms with Crippen molar-refractivity contribution in [2.75, 3.05) is 39.3 Å². The number of carboxylic acid groups (broad SMARTS) is 1. The molecule has 3 amide bonds. The molecule has 8 heteroatoms. The first kappa shape index (κ1) is 17.2. The van der Waals surface area contributed by atoms with Crippen LogP contribution < -0.4 is 10.6 Å². The minimum absolute atomic E-state index is 0.0359. The zero-order chi connectivity index (χ0) is 16.0. The smallest absolute Gasteiger partial charge is 0.323 e. The maximum atomic E-state index is 11.8. The molecule has 0 radical (unpaired) electrons. The molecule has 0 spiro atoms. The minimum Gasteiger partial charge on any atom is -0.480 e. The number of aliphatic carboxylic acids is 1. The first-order valence-corrected chi connectivity index (χ1v) is 6.95. The first-order chi connectivity index (χ1) is 9.67. The van der Waals surface area contributed by atoms with Crippen molar-refractivity contribution in [2.45, 2.75) is 26.3 Å². The second-order valence-corrected chi connectivity index (χ2v) is 6.11. The lowest BCUT2D eigenvalue weighted by Crippen LogP contribution is -2.54. The van der Waals surface area contributed by atoms with Crippen LogP contribution in [0.5, 0.6) is 0 Å². The minimum atomic E-state index is -1.07. The molecule has 8 nitrogen and oxygen atoms in total. The predicted molar refractivity (Wildman–Crippen MR) is 76.9 cm³/mol. The highest BCUT2D eigenvalue weighted by Crippen LogP contribution is 2.03. The average Bonchev–Trinajstić information content (AvgIpc) is 2.34. The molecular weight excluding hydrogens is 276 g/mol. The number of piperazine rings is 1. The monoisotopic (exact) mass is 300 g/mol. The molecule has 0 aliphatic carbocycles. The molecule has 3 N–H and O–H groups in total. The van der Waals surface area contributed by atoms with Gasteiger partial charge in [0, 0.05) is 31.7 Å². The Morgan fingerprint density at radius 1 is 1.10 bits per heavy atom. The van der Waals surface area contributed by atoms with Crippen molar-refractivity contribution in [2.24, 2.45) is 0 Å². The first-order valence-electron chi connectivity index (χ1n) is 6.95. The van der Waals surface area contributed by atoms with E-state index < -0.39 is 5.97 Å². The zero-order valence-corrected chi connectivity index (χ0v) is 12.8. The van der Waals surface area contributed by atoms with Crippen molar-refractivity contribution in [1.29, 1.82) is 0 Å². The lowest BCUT2D eigenvalue weighted by molar-refractivity contribution is -0.135. The molecule has 1 aliphatic heterocycles. The molecule has 120 valence electrons. The van der Waals surface area contributed by atoms with E-state index in [0.29, 0.717) is 32.7 Å². The van der Waals surface area contributed by atoms with Crippen LogP contribution in [-0.4, -0.2) is 77.6 Å². The van der Waals surface area contributed by atoms with E-state index in [9.17, 15) is 14.4 Å². The Kier molecular flexibility index (Phi) is 5.95. The second kappa shape index (κ2) is 7.26. The van der Waals surface area contributed by atoms with Crippen LogP contribution in [-0.2, 0) is 9.59 Å². The number of amides is 3. The number of urea groups is 1. The van der Waals surface area contributed by atoms with Crippen LogP contribution in [0.4, 0.5) is 4.79 Å². The van der Waals surface area contributed by atoms with Crippen LogP contribution in [0, 0.1) is 0 Å². The average molecular weight is 300 g/mol. The van der Waals surface area contributed by atoms with E-state index in [0.717, 1.165) is 0 Å². The maximum absolute atomic E-state index is 11.8. The van der Waals surface area contributed by atoms with Gasteiger partial charge in [0.2, 0.25) is 5.91 Å². The Labute approximate surface area is 124 Å². The quantitative estimate of drug-likeness (QED) is 0.638. The number of rotatable bonds is 4. The van der Waals surface area contributed by atoms with Gasteiger partial charge in [-0.3, -0.25) is 14.5 Å². The van der Waals surface area contributed by atoms with E-state index in [1.54, 1.807) is 4.90 Å². The Hall–Kier alpha value is -1.83. The normalized spacial score (nSPS) is 16.4. The summed E-state index contributed by atoms with van der Waals surface area (Å²) in [5.74, 6) is -1.10. The van der Waals surface area contributed by atoms with Crippen molar-refractivity contribution >= 4 is 17.9 Å². The van der Waals surface area contributed by atoms with Crippen molar-refractivity contribution in [3.63, 3.8) is 0 Å². The van der Waals surface area contributed by atoms with Gasteiger partial charge in [0.25, 0.3) is 0 Å². The molecule has 0 atom stereocenters. The Bertz CT molecular complexity index is 397. The number of hydrogen-bond donors (Lipinski definition) is 3. The summed E-state index contributed by atoms with van der Waals surface area (Å²) in [5, 5.41) is 13.7. The van der Waals surface area contributed by atoms with Gasteiger partial charge in [-0.2, -0.15) is 0 Å². The summed E-state index contributed by atoms with van der Waals surface area (Å²) in [6, 6.07) is -0.379. The Morgan fingerprint density at radius 3 is 2.14 bits per heavy atom. The topological polar surface area (TPSA) is 102 Å². The summed E-state index contributed by atoms with van der Waals surface area (Å²) in [4.78, 5) is 37.4. The molecule has 0 aromatic heterocycles. The molecule has 1 heterocycles. The third-order valence-electron chi connectivity index (χ3n) is 2.93. The summed E-state index contributed by atoms with van der Waals surface area (Å²) in [5.41, 5.74) is -0.254. The van der Waals surface area contributed by atoms with Gasteiger partial charge >= 0.3 is 12.0 Å². The fourth-order valence-electron chi connectivity index (χ4n) is 2.03. The largest absolute Gasteiger partial charge is 0.480 e. The van der Waals surface area contributed by atoms with Gasteiger partial charge in [0.15, 0.2) is 0 Å². The zero-order valence-electron chi connectivity index (χ0n) is 12.8. The van der Waals surface area contributed by atoms with E-state index in [1.165, 1.54) is 0 Å². The second-order valence-electron chi connectivity index (χ2n) is 6.11. The molecular formula is C13H24N4O4. The fraction of sp³-hybridized carbons (Fsp3) is 0.769. The van der Waals surface area contributed by atoms with Gasteiger partial charge in [-0.25, -0.2) is 4.79 Å². The Balaban J connectivity index is 2.30. The lowest BCUT2D eigenvalue weighted by Gasteiger charge is -2.34. The molecule has 0 saturated carbocycles. The highest BCUT2D eigenvalue weighted by Gasteiger charge is 2.23. The van der Waals surface area contributed by atoms with Crippen molar-refractivity contribution in [3.05, 3.63) is 0 Å². The van der Waals surface area contributed by atoms with E-state index >= 15 is 0 Å². The van der Waals surface area contributed by atoms with Gasteiger partial charge in [0.1, 0.15) is 6.54 Å². The number of nitrogens with one attached hydrogen (secondary N) is 2. The summed E-state index contributed by atoms with van der Waals surface area (Å²) < 4.78 is 0. The van der Waals surface area contributed by atoms with Crippen LogP contribution in [0.25, 0.3) is 0 Å². The number of carboxylic acids is 1. The number of nitrogens with zero attached hydrogens (tertiary/aromatic N) is 2. The molecule has 0 aromatic rings. The summed E-state index contributed by atoms with van der Waals surface area (Å²) in [6.07, 6.45) is 0. The SMILES string of the molecule is CC(C)(C)NC(=O)CN1CCN(C(=O)NCC(=O)O)CC1. The third-order valence-corrected chi connectivity index (χ3v) is 2.93. The molecule has 1 rings (SSSR count). The van der Waals surface area contributed by atoms with Gasteiger partial charge in [-0.15, -0.1) is 0 Å². The molecule has 0 unspecified atom stereocenters. The van der Waals surface area contributed by atoms with Crippen LogP contribution >= 0.6 is 0 Å². The van der Waals surface area contributed by atoms with Crippen LogP contribution in [0.1, 0.15) is 20.8 Å². The number of hydrogen-bond acceptors (Lipinski definition) is 4. The molecule has 1 saturated heterocycles. The van der Waals surface area contributed by atoms with E-state index in [4.69, 9.17) is 5.11 Å². The van der Waals surface area contributed by atoms with Crippen LogP contribution in [0.2, 0.25) is 0 Å². The van der Waals surface area contributed by atoms with Gasteiger partial charge in [-0.1, -0.05) is 0 Å². The van der Waals surface area contributed by atoms with Crippen molar-refractivity contribution in [3.8, 4) is 0 Å². The highest BCUT2D eigenvalue weighted by molar-refractivity contribution is 5.80. The molecule has 0 bridgehead atoms.